The fourth-order valence-electron chi connectivity index (χ4n) is 2.74. The average molecular weight is 321 g/mol. The van der Waals surface area contributed by atoms with Crippen LogP contribution >= 0.6 is 12.2 Å². The predicted octanol–water partition coefficient (Wildman–Crippen LogP) is 3.25. The molecule has 0 amide bonds. The van der Waals surface area contributed by atoms with Gasteiger partial charge in [0.2, 0.25) is 0 Å². The van der Waals surface area contributed by atoms with Crippen molar-refractivity contribution < 1.29 is 4.74 Å². The number of methoxy groups -OCH3 is 1. The second-order valence-electron chi connectivity index (χ2n) is 5.72. The van der Waals surface area contributed by atoms with Crippen LogP contribution in [0.25, 0.3) is 0 Å². The Balaban J connectivity index is 1.62. The fourth-order valence-corrected chi connectivity index (χ4v) is 2.96. The normalized spacial score (nSPS) is 15.9. The minimum Gasteiger partial charge on any atom is -0.497 e. The van der Waals surface area contributed by atoms with Crippen molar-refractivity contribution in [3.8, 4) is 5.75 Å². The lowest BCUT2D eigenvalue weighted by Crippen LogP contribution is -2.32. The van der Waals surface area contributed by atoms with Crippen molar-refractivity contribution in [2.45, 2.75) is 32.1 Å². The summed E-state index contributed by atoms with van der Waals surface area (Å²) in [4.78, 5) is 2.58. The third-order valence-electron chi connectivity index (χ3n) is 3.96. The van der Waals surface area contributed by atoms with Crippen LogP contribution in [0.15, 0.2) is 24.3 Å². The molecule has 22 heavy (non-hydrogen) atoms. The lowest BCUT2D eigenvalue weighted by molar-refractivity contribution is 0.282. The molecule has 0 bridgehead atoms. The van der Waals surface area contributed by atoms with Gasteiger partial charge >= 0.3 is 0 Å². The van der Waals surface area contributed by atoms with Crippen molar-refractivity contribution in [1.82, 2.24) is 10.2 Å². The van der Waals surface area contributed by atoms with Gasteiger partial charge in [0.05, 0.1) is 7.11 Å². The Labute approximate surface area is 139 Å². The van der Waals surface area contributed by atoms with E-state index < -0.39 is 0 Å². The van der Waals surface area contributed by atoms with Gasteiger partial charge in [0, 0.05) is 18.3 Å². The predicted molar refractivity (Wildman–Crippen MR) is 96.7 cm³/mol. The van der Waals surface area contributed by atoms with Crippen LogP contribution in [0.5, 0.6) is 5.75 Å². The van der Waals surface area contributed by atoms with Crippen LogP contribution in [0, 0.1) is 0 Å². The number of anilines is 1. The minimum absolute atomic E-state index is 0.670. The molecule has 0 aromatic heterocycles. The molecule has 1 heterocycles. The fraction of sp³-hybridized carbons (Fsp3) is 0.588. The summed E-state index contributed by atoms with van der Waals surface area (Å²) in [6.45, 7) is 4.58. The van der Waals surface area contributed by atoms with Gasteiger partial charge in [-0.05, 0) is 63.2 Å². The second-order valence-corrected chi connectivity index (χ2v) is 6.13. The van der Waals surface area contributed by atoms with Gasteiger partial charge in [-0.2, -0.15) is 0 Å². The molecule has 122 valence electrons. The molecule has 4 nitrogen and oxygen atoms in total. The Bertz CT molecular complexity index is 459. The maximum absolute atomic E-state index is 5.33. The highest BCUT2D eigenvalue weighted by Crippen LogP contribution is 2.16. The SMILES string of the molecule is COc1cccc(NC(=S)NCCCN2CCCCCC2)c1. The number of thiocarbonyl (C=S) groups is 1. The molecule has 0 spiro atoms. The topological polar surface area (TPSA) is 36.5 Å². The van der Waals surface area contributed by atoms with Gasteiger partial charge in [0.25, 0.3) is 0 Å². The zero-order valence-electron chi connectivity index (χ0n) is 13.4. The smallest absolute Gasteiger partial charge is 0.170 e. The highest BCUT2D eigenvalue weighted by atomic mass is 32.1. The van der Waals surface area contributed by atoms with Crippen LogP contribution in [0.4, 0.5) is 5.69 Å². The minimum atomic E-state index is 0.670. The summed E-state index contributed by atoms with van der Waals surface area (Å²) >= 11 is 5.33. The van der Waals surface area contributed by atoms with E-state index in [1.165, 1.54) is 38.8 Å². The van der Waals surface area contributed by atoms with Gasteiger partial charge in [-0.25, -0.2) is 0 Å². The Morgan fingerprint density at radius 1 is 1.23 bits per heavy atom. The number of hydrogen-bond acceptors (Lipinski definition) is 3. The Hall–Kier alpha value is -1.33. The molecule has 0 radical (unpaired) electrons. The van der Waals surface area contributed by atoms with E-state index in [1.807, 2.05) is 24.3 Å². The maximum Gasteiger partial charge on any atom is 0.170 e. The summed E-state index contributed by atoms with van der Waals surface area (Å²) in [6, 6.07) is 7.78. The standard InChI is InChI=1S/C17H27N3OS/c1-21-16-9-6-8-15(14-16)19-17(22)18-10-7-13-20-11-4-2-3-5-12-20/h6,8-9,14H,2-5,7,10-13H2,1H3,(H2,18,19,22). The zero-order valence-corrected chi connectivity index (χ0v) is 14.3. The van der Waals surface area contributed by atoms with Crippen molar-refractivity contribution in [1.29, 1.82) is 0 Å². The highest BCUT2D eigenvalue weighted by Gasteiger charge is 2.08. The van der Waals surface area contributed by atoms with E-state index >= 15 is 0 Å². The van der Waals surface area contributed by atoms with E-state index in [1.54, 1.807) is 7.11 Å². The van der Waals surface area contributed by atoms with Crippen molar-refractivity contribution >= 4 is 23.0 Å². The molecule has 2 rings (SSSR count). The Morgan fingerprint density at radius 3 is 2.73 bits per heavy atom. The van der Waals surface area contributed by atoms with Crippen molar-refractivity contribution in [3.63, 3.8) is 0 Å². The number of benzene rings is 1. The largest absolute Gasteiger partial charge is 0.497 e. The van der Waals surface area contributed by atoms with Crippen LogP contribution < -0.4 is 15.4 Å². The van der Waals surface area contributed by atoms with Crippen LogP contribution in [-0.2, 0) is 0 Å². The van der Waals surface area contributed by atoms with Crippen LogP contribution in [0.1, 0.15) is 32.1 Å². The number of likely N-dealkylation sites (tertiary alicyclic amines) is 1. The first-order valence-corrected chi connectivity index (χ1v) is 8.60. The van der Waals surface area contributed by atoms with Crippen molar-refractivity contribution in [3.05, 3.63) is 24.3 Å². The van der Waals surface area contributed by atoms with E-state index in [4.69, 9.17) is 17.0 Å². The highest BCUT2D eigenvalue weighted by molar-refractivity contribution is 7.80. The first-order chi connectivity index (χ1) is 10.8. The second kappa shape index (κ2) is 9.64. The molecule has 0 unspecified atom stereocenters. The lowest BCUT2D eigenvalue weighted by Gasteiger charge is -2.19. The van der Waals surface area contributed by atoms with Gasteiger partial charge < -0.3 is 20.3 Å². The summed E-state index contributed by atoms with van der Waals surface area (Å²) in [5.41, 5.74) is 0.948. The molecule has 5 heteroatoms. The number of rotatable bonds is 6. The molecule has 0 atom stereocenters. The number of nitrogens with zero attached hydrogens (tertiary/aromatic N) is 1. The van der Waals surface area contributed by atoms with E-state index in [0.29, 0.717) is 5.11 Å². The first-order valence-electron chi connectivity index (χ1n) is 8.19. The van der Waals surface area contributed by atoms with E-state index in [-0.39, 0.29) is 0 Å². The number of ether oxygens (including phenoxy) is 1. The van der Waals surface area contributed by atoms with Gasteiger partial charge in [-0.15, -0.1) is 0 Å². The van der Waals surface area contributed by atoms with Crippen LogP contribution in [0.2, 0.25) is 0 Å². The van der Waals surface area contributed by atoms with Gasteiger partial charge in [-0.1, -0.05) is 18.9 Å². The van der Waals surface area contributed by atoms with E-state index in [9.17, 15) is 0 Å². The lowest BCUT2D eigenvalue weighted by atomic mass is 10.2. The molecule has 1 aliphatic heterocycles. The average Bonchev–Trinajstić information content (AvgIpc) is 2.80. The van der Waals surface area contributed by atoms with E-state index in [2.05, 4.69) is 15.5 Å². The Morgan fingerprint density at radius 2 is 2.00 bits per heavy atom. The quantitative estimate of drug-likeness (QED) is 0.621. The molecule has 1 aromatic rings. The van der Waals surface area contributed by atoms with Crippen molar-refractivity contribution in [2.75, 3.05) is 38.6 Å². The Kier molecular flexibility index (Phi) is 7.46. The monoisotopic (exact) mass is 321 g/mol. The van der Waals surface area contributed by atoms with Gasteiger partial charge in [-0.3, -0.25) is 0 Å². The maximum atomic E-state index is 5.33. The first kappa shape index (κ1) is 17.0. The molecular weight excluding hydrogens is 294 g/mol. The van der Waals surface area contributed by atoms with Crippen LogP contribution in [-0.4, -0.2) is 43.3 Å². The molecule has 1 saturated heterocycles. The molecule has 2 N–H and O–H groups in total. The van der Waals surface area contributed by atoms with Gasteiger partial charge in [0.15, 0.2) is 5.11 Å². The molecule has 0 saturated carbocycles. The van der Waals surface area contributed by atoms with Gasteiger partial charge in [0.1, 0.15) is 5.75 Å². The zero-order chi connectivity index (χ0) is 15.6. The molecule has 1 fully saturated rings. The third kappa shape index (κ3) is 6.20. The summed E-state index contributed by atoms with van der Waals surface area (Å²) in [6.07, 6.45) is 6.61. The summed E-state index contributed by atoms with van der Waals surface area (Å²) < 4.78 is 5.20. The summed E-state index contributed by atoms with van der Waals surface area (Å²) in [5.74, 6) is 0.828. The summed E-state index contributed by atoms with van der Waals surface area (Å²) in [5, 5.41) is 7.14. The van der Waals surface area contributed by atoms with Crippen LogP contribution in [0.3, 0.4) is 0 Å². The number of hydrogen-bond donors (Lipinski definition) is 2. The van der Waals surface area contributed by atoms with Crippen molar-refractivity contribution in [2.24, 2.45) is 0 Å². The summed E-state index contributed by atoms with van der Waals surface area (Å²) in [7, 11) is 1.67. The molecule has 1 aliphatic rings. The number of nitrogens with one attached hydrogen (secondary N) is 2. The molecular formula is C17H27N3OS. The third-order valence-corrected chi connectivity index (χ3v) is 4.21. The molecule has 0 aliphatic carbocycles. The molecule has 1 aromatic carbocycles. The van der Waals surface area contributed by atoms with E-state index in [0.717, 1.165) is 30.9 Å².